The third-order valence-electron chi connectivity index (χ3n) is 5.00. The zero-order chi connectivity index (χ0) is 24.8. The Hall–Kier alpha value is -1.69. The van der Waals surface area contributed by atoms with Crippen LogP contribution >= 0.6 is 35.0 Å². The second kappa shape index (κ2) is 12.1. The van der Waals surface area contributed by atoms with E-state index in [1.54, 1.807) is 28.8 Å². The molecule has 33 heavy (non-hydrogen) atoms. The van der Waals surface area contributed by atoms with Gasteiger partial charge in [-0.25, -0.2) is 0 Å². The number of halogens is 2. The Morgan fingerprint density at radius 2 is 1.64 bits per heavy atom. The largest absolute Gasteiger partial charge is 0.350 e. The summed E-state index contributed by atoms with van der Waals surface area (Å²) < 4.78 is 0. The summed E-state index contributed by atoms with van der Waals surface area (Å²) in [5, 5.41) is 3.91. The Labute approximate surface area is 212 Å². The number of amides is 2. The van der Waals surface area contributed by atoms with E-state index >= 15 is 0 Å². The smallest absolute Gasteiger partial charge is 0.243 e. The van der Waals surface area contributed by atoms with Crippen LogP contribution in [0.1, 0.15) is 56.4 Å². The average Bonchev–Trinajstić information content (AvgIpc) is 2.68. The fourth-order valence-corrected chi connectivity index (χ4v) is 4.86. The van der Waals surface area contributed by atoms with E-state index in [1.807, 2.05) is 33.8 Å². The topological polar surface area (TPSA) is 49.4 Å². The van der Waals surface area contributed by atoms with Crippen molar-refractivity contribution in [2.75, 3.05) is 5.75 Å². The number of carbonyl (C=O) groups is 2. The first kappa shape index (κ1) is 27.6. The highest BCUT2D eigenvalue weighted by Crippen LogP contribution is 2.25. The number of hydrogen-bond donors (Lipinski definition) is 1. The Balaban J connectivity index is 2.20. The van der Waals surface area contributed by atoms with E-state index < -0.39 is 6.04 Å². The van der Waals surface area contributed by atoms with Crippen molar-refractivity contribution in [3.63, 3.8) is 0 Å². The zero-order valence-electron chi connectivity index (χ0n) is 20.3. The summed E-state index contributed by atoms with van der Waals surface area (Å²) in [4.78, 5) is 28.1. The predicted octanol–water partition coefficient (Wildman–Crippen LogP) is 6.57. The standard InChI is InChI=1S/C26H34Cl2N2O2S/c1-7-23(25(32)29-26(4,5)6)30(14-19-8-9-21(27)22(28)13-19)24(31)16-33-15-20-11-17(2)10-18(3)12-20/h8-13,23H,7,14-16H2,1-6H3,(H,29,32)/t23-/m1/s1. The lowest BCUT2D eigenvalue weighted by atomic mass is 10.1. The van der Waals surface area contributed by atoms with Gasteiger partial charge in [0.15, 0.2) is 0 Å². The zero-order valence-corrected chi connectivity index (χ0v) is 22.6. The first-order valence-electron chi connectivity index (χ1n) is 11.1. The molecule has 0 saturated heterocycles. The molecular weight excluding hydrogens is 475 g/mol. The summed E-state index contributed by atoms with van der Waals surface area (Å²) in [5.41, 5.74) is 4.06. The molecule has 7 heteroatoms. The molecule has 180 valence electrons. The lowest BCUT2D eigenvalue weighted by Gasteiger charge is -2.33. The molecule has 0 heterocycles. The van der Waals surface area contributed by atoms with Gasteiger partial charge in [-0.2, -0.15) is 0 Å². The predicted molar refractivity (Wildman–Crippen MR) is 141 cm³/mol. The Morgan fingerprint density at radius 1 is 1.00 bits per heavy atom. The molecule has 2 amide bonds. The molecule has 0 fully saturated rings. The molecule has 2 aromatic carbocycles. The van der Waals surface area contributed by atoms with Crippen molar-refractivity contribution in [1.29, 1.82) is 0 Å². The van der Waals surface area contributed by atoms with Crippen LogP contribution in [0, 0.1) is 13.8 Å². The fraction of sp³-hybridized carbons (Fsp3) is 0.462. The van der Waals surface area contributed by atoms with Crippen LogP contribution in [0.15, 0.2) is 36.4 Å². The number of rotatable bonds is 9. The van der Waals surface area contributed by atoms with Crippen LogP contribution in [0.5, 0.6) is 0 Å². The molecule has 1 atom stereocenters. The van der Waals surface area contributed by atoms with Gasteiger partial charge in [-0.05, 0) is 64.3 Å². The van der Waals surface area contributed by atoms with Crippen molar-refractivity contribution >= 4 is 46.8 Å². The van der Waals surface area contributed by atoms with Gasteiger partial charge >= 0.3 is 0 Å². The summed E-state index contributed by atoms with van der Waals surface area (Å²) in [7, 11) is 0. The van der Waals surface area contributed by atoms with Crippen LogP contribution in [0.2, 0.25) is 10.0 Å². The van der Waals surface area contributed by atoms with Crippen LogP contribution in [-0.4, -0.2) is 34.0 Å². The van der Waals surface area contributed by atoms with E-state index in [2.05, 4.69) is 37.4 Å². The van der Waals surface area contributed by atoms with E-state index in [4.69, 9.17) is 23.2 Å². The Morgan fingerprint density at radius 3 is 2.18 bits per heavy atom. The quantitative estimate of drug-likeness (QED) is 0.416. The van der Waals surface area contributed by atoms with E-state index in [0.29, 0.717) is 16.5 Å². The molecule has 0 spiro atoms. The minimum absolute atomic E-state index is 0.0774. The number of nitrogens with one attached hydrogen (secondary N) is 1. The molecule has 4 nitrogen and oxygen atoms in total. The molecule has 1 N–H and O–H groups in total. The van der Waals surface area contributed by atoms with Crippen molar-refractivity contribution in [3.8, 4) is 0 Å². The van der Waals surface area contributed by atoms with E-state index in [9.17, 15) is 9.59 Å². The third kappa shape index (κ3) is 8.88. The normalized spacial score (nSPS) is 12.4. The molecule has 2 aromatic rings. The Bertz CT molecular complexity index is 968. The monoisotopic (exact) mass is 508 g/mol. The first-order valence-corrected chi connectivity index (χ1v) is 13.0. The summed E-state index contributed by atoms with van der Waals surface area (Å²) in [6.45, 7) is 12.2. The maximum absolute atomic E-state index is 13.4. The van der Waals surface area contributed by atoms with Crippen molar-refractivity contribution < 1.29 is 9.59 Å². The number of hydrogen-bond acceptors (Lipinski definition) is 3. The van der Waals surface area contributed by atoms with Gasteiger partial charge < -0.3 is 10.2 Å². The molecule has 0 aliphatic heterocycles. The van der Waals surface area contributed by atoms with Gasteiger partial charge in [0.05, 0.1) is 15.8 Å². The summed E-state index contributed by atoms with van der Waals surface area (Å²) in [6.07, 6.45) is 0.511. The molecule has 0 radical (unpaired) electrons. The number of carbonyl (C=O) groups excluding carboxylic acids is 2. The van der Waals surface area contributed by atoms with Crippen LogP contribution in [-0.2, 0) is 21.9 Å². The lowest BCUT2D eigenvalue weighted by Crippen LogP contribution is -2.53. The highest BCUT2D eigenvalue weighted by molar-refractivity contribution is 7.99. The highest BCUT2D eigenvalue weighted by atomic mass is 35.5. The molecular formula is C26H34Cl2N2O2S. The van der Waals surface area contributed by atoms with Gasteiger partial charge in [-0.3, -0.25) is 9.59 Å². The van der Waals surface area contributed by atoms with Crippen LogP contribution in [0.25, 0.3) is 0 Å². The van der Waals surface area contributed by atoms with Crippen molar-refractivity contribution in [2.24, 2.45) is 0 Å². The van der Waals surface area contributed by atoms with Crippen molar-refractivity contribution in [3.05, 3.63) is 68.7 Å². The van der Waals surface area contributed by atoms with Crippen molar-refractivity contribution in [1.82, 2.24) is 10.2 Å². The molecule has 0 bridgehead atoms. The number of benzene rings is 2. The highest BCUT2D eigenvalue weighted by Gasteiger charge is 2.30. The summed E-state index contributed by atoms with van der Waals surface area (Å²) >= 11 is 13.8. The maximum atomic E-state index is 13.4. The van der Waals surface area contributed by atoms with Crippen molar-refractivity contribution in [2.45, 2.75) is 71.8 Å². The molecule has 0 aromatic heterocycles. The number of nitrogens with zero attached hydrogens (tertiary/aromatic N) is 1. The minimum atomic E-state index is -0.576. The molecule has 2 rings (SSSR count). The fourth-order valence-electron chi connectivity index (χ4n) is 3.70. The molecule has 0 saturated carbocycles. The lowest BCUT2D eigenvalue weighted by molar-refractivity contribution is -0.140. The van der Waals surface area contributed by atoms with E-state index in [-0.39, 0.29) is 29.7 Å². The SMILES string of the molecule is CC[C@H](C(=O)NC(C)(C)C)N(Cc1ccc(Cl)c(Cl)c1)C(=O)CSCc1cc(C)cc(C)c1. The average molecular weight is 510 g/mol. The van der Waals surface area contributed by atoms with Gasteiger partial charge in [0.1, 0.15) is 6.04 Å². The molecule has 0 aliphatic carbocycles. The second-order valence-corrected chi connectivity index (χ2v) is 11.2. The van der Waals surface area contributed by atoms with Gasteiger partial charge in [-0.1, -0.05) is 65.5 Å². The van der Waals surface area contributed by atoms with Gasteiger partial charge in [0, 0.05) is 17.8 Å². The molecule has 0 unspecified atom stereocenters. The van der Waals surface area contributed by atoms with Crippen LogP contribution in [0.4, 0.5) is 0 Å². The minimum Gasteiger partial charge on any atom is -0.350 e. The van der Waals surface area contributed by atoms with Gasteiger partial charge in [0.2, 0.25) is 11.8 Å². The van der Waals surface area contributed by atoms with E-state index in [0.717, 1.165) is 11.3 Å². The first-order chi connectivity index (χ1) is 15.4. The van der Waals surface area contributed by atoms with Gasteiger partial charge in [0.25, 0.3) is 0 Å². The van der Waals surface area contributed by atoms with E-state index in [1.165, 1.54) is 16.7 Å². The number of aryl methyl sites for hydroxylation is 2. The summed E-state index contributed by atoms with van der Waals surface area (Å²) in [6, 6.07) is 11.2. The second-order valence-electron chi connectivity index (χ2n) is 9.42. The Kier molecular flexibility index (Phi) is 10.1. The van der Waals surface area contributed by atoms with Gasteiger partial charge in [-0.15, -0.1) is 11.8 Å². The summed E-state index contributed by atoms with van der Waals surface area (Å²) in [5.74, 6) is 0.789. The molecule has 0 aliphatic rings. The van der Waals surface area contributed by atoms with Crippen LogP contribution in [0.3, 0.4) is 0 Å². The number of thioether (sulfide) groups is 1. The third-order valence-corrected chi connectivity index (χ3v) is 6.72. The maximum Gasteiger partial charge on any atom is 0.243 e. The van der Waals surface area contributed by atoms with Crippen LogP contribution < -0.4 is 5.32 Å².